The summed E-state index contributed by atoms with van der Waals surface area (Å²) in [5, 5.41) is 11.8. The molecule has 2 rings (SSSR count). The molecule has 4 nitrogen and oxygen atoms in total. The fraction of sp³-hybridized carbons (Fsp3) is 0.417. The van der Waals surface area contributed by atoms with Gasteiger partial charge in [0.05, 0.1) is 0 Å². The van der Waals surface area contributed by atoms with Crippen LogP contribution in [0, 0.1) is 6.92 Å². The Bertz CT molecular complexity index is 392. The fourth-order valence-electron chi connectivity index (χ4n) is 1.85. The third-order valence-electron chi connectivity index (χ3n) is 2.78. The first-order valence-corrected chi connectivity index (χ1v) is 5.35. The van der Waals surface area contributed by atoms with Crippen molar-refractivity contribution in [3.63, 3.8) is 0 Å². The quantitative estimate of drug-likeness (QED) is 0.805. The van der Waals surface area contributed by atoms with Crippen LogP contribution < -0.4 is 10.1 Å². The Morgan fingerprint density at radius 2 is 2.25 bits per heavy atom. The van der Waals surface area contributed by atoms with Gasteiger partial charge in [-0.05, 0) is 18.6 Å². The van der Waals surface area contributed by atoms with Crippen LogP contribution in [0.25, 0.3) is 0 Å². The summed E-state index contributed by atoms with van der Waals surface area (Å²) in [4.78, 5) is 10.7. The van der Waals surface area contributed by atoms with Crippen LogP contribution in [0.2, 0.25) is 0 Å². The zero-order valence-corrected chi connectivity index (χ0v) is 9.14. The average Bonchev–Trinajstić information content (AvgIpc) is 2.70. The van der Waals surface area contributed by atoms with Crippen molar-refractivity contribution in [2.75, 3.05) is 6.54 Å². The lowest BCUT2D eigenvalue weighted by atomic mass is 10.2. The third kappa shape index (κ3) is 2.33. The number of para-hydroxylation sites is 1. The van der Waals surface area contributed by atoms with E-state index in [-0.39, 0.29) is 6.10 Å². The fourth-order valence-corrected chi connectivity index (χ4v) is 1.85. The lowest BCUT2D eigenvalue weighted by Gasteiger charge is -2.14. The van der Waals surface area contributed by atoms with Crippen molar-refractivity contribution >= 4 is 5.97 Å². The minimum Gasteiger partial charge on any atom is -0.489 e. The second-order valence-corrected chi connectivity index (χ2v) is 4.04. The molecule has 2 atom stereocenters. The van der Waals surface area contributed by atoms with E-state index in [1.807, 2.05) is 31.2 Å². The number of hydrogen-bond donors (Lipinski definition) is 2. The van der Waals surface area contributed by atoms with Crippen LogP contribution in [0.1, 0.15) is 12.0 Å². The lowest BCUT2D eigenvalue weighted by Crippen LogP contribution is -2.30. The summed E-state index contributed by atoms with van der Waals surface area (Å²) < 4.78 is 5.76. The van der Waals surface area contributed by atoms with Crippen LogP contribution in [-0.4, -0.2) is 29.8 Å². The predicted molar refractivity (Wildman–Crippen MR) is 59.6 cm³/mol. The maximum Gasteiger partial charge on any atom is 0.320 e. The van der Waals surface area contributed by atoms with Crippen LogP contribution in [0.5, 0.6) is 5.75 Å². The van der Waals surface area contributed by atoms with Crippen molar-refractivity contribution in [2.45, 2.75) is 25.5 Å². The van der Waals surface area contributed by atoms with Gasteiger partial charge in [0.1, 0.15) is 17.9 Å². The second-order valence-electron chi connectivity index (χ2n) is 4.04. The molecule has 1 heterocycles. The number of nitrogens with one attached hydrogen (secondary N) is 1. The number of carboxylic acid groups (broad SMARTS) is 1. The molecule has 0 bridgehead atoms. The van der Waals surface area contributed by atoms with Gasteiger partial charge in [-0.2, -0.15) is 0 Å². The van der Waals surface area contributed by atoms with E-state index in [1.165, 1.54) is 0 Å². The lowest BCUT2D eigenvalue weighted by molar-refractivity contribution is -0.139. The number of carboxylic acids is 1. The van der Waals surface area contributed by atoms with Gasteiger partial charge in [0.15, 0.2) is 0 Å². The topological polar surface area (TPSA) is 58.6 Å². The van der Waals surface area contributed by atoms with Gasteiger partial charge >= 0.3 is 5.97 Å². The predicted octanol–water partition coefficient (Wildman–Crippen LogP) is 1.19. The maximum absolute atomic E-state index is 10.7. The monoisotopic (exact) mass is 221 g/mol. The highest BCUT2D eigenvalue weighted by Gasteiger charge is 2.30. The van der Waals surface area contributed by atoms with E-state index in [4.69, 9.17) is 9.84 Å². The molecule has 2 N–H and O–H groups in total. The molecule has 1 aromatic rings. The van der Waals surface area contributed by atoms with Gasteiger partial charge in [0, 0.05) is 13.0 Å². The SMILES string of the molecule is Cc1ccccc1OC1CNC(C(=O)O)C1. The van der Waals surface area contributed by atoms with Gasteiger partial charge in [-0.1, -0.05) is 18.2 Å². The van der Waals surface area contributed by atoms with E-state index >= 15 is 0 Å². The summed E-state index contributed by atoms with van der Waals surface area (Å²) in [6, 6.07) is 7.28. The molecule has 0 aliphatic carbocycles. The largest absolute Gasteiger partial charge is 0.489 e. The Balaban J connectivity index is 1.97. The molecule has 2 unspecified atom stereocenters. The summed E-state index contributed by atoms with van der Waals surface area (Å²) in [7, 11) is 0. The first-order chi connectivity index (χ1) is 7.66. The van der Waals surface area contributed by atoms with Crippen molar-refractivity contribution < 1.29 is 14.6 Å². The van der Waals surface area contributed by atoms with Crippen molar-refractivity contribution in [2.24, 2.45) is 0 Å². The molecule has 16 heavy (non-hydrogen) atoms. The molecular weight excluding hydrogens is 206 g/mol. The van der Waals surface area contributed by atoms with Crippen LogP contribution in [0.3, 0.4) is 0 Å². The molecule has 1 aromatic carbocycles. The zero-order chi connectivity index (χ0) is 11.5. The Labute approximate surface area is 94.2 Å². The molecule has 1 saturated heterocycles. The molecule has 0 spiro atoms. The van der Waals surface area contributed by atoms with E-state index in [2.05, 4.69) is 5.32 Å². The Morgan fingerprint density at radius 3 is 2.88 bits per heavy atom. The van der Waals surface area contributed by atoms with E-state index in [0.29, 0.717) is 13.0 Å². The van der Waals surface area contributed by atoms with Crippen molar-refractivity contribution in [1.29, 1.82) is 0 Å². The first-order valence-electron chi connectivity index (χ1n) is 5.35. The number of ether oxygens (including phenoxy) is 1. The van der Waals surface area contributed by atoms with E-state index in [0.717, 1.165) is 11.3 Å². The van der Waals surface area contributed by atoms with Gasteiger partial charge in [-0.25, -0.2) is 0 Å². The van der Waals surface area contributed by atoms with E-state index < -0.39 is 12.0 Å². The number of aryl methyl sites for hydroxylation is 1. The van der Waals surface area contributed by atoms with Crippen molar-refractivity contribution in [1.82, 2.24) is 5.32 Å². The number of rotatable bonds is 3. The number of hydrogen-bond acceptors (Lipinski definition) is 3. The first kappa shape index (κ1) is 11.0. The Morgan fingerprint density at radius 1 is 1.50 bits per heavy atom. The zero-order valence-electron chi connectivity index (χ0n) is 9.14. The number of benzene rings is 1. The summed E-state index contributed by atoms with van der Waals surface area (Å²) in [5.74, 6) is 0.0243. The van der Waals surface area contributed by atoms with E-state index in [9.17, 15) is 4.79 Å². The average molecular weight is 221 g/mol. The Hall–Kier alpha value is -1.55. The molecule has 0 aromatic heterocycles. The minimum absolute atomic E-state index is 0.0535. The highest BCUT2D eigenvalue weighted by atomic mass is 16.5. The Kier molecular flexibility index (Phi) is 3.10. The van der Waals surface area contributed by atoms with Crippen LogP contribution in [-0.2, 0) is 4.79 Å². The van der Waals surface area contributed by atoms with Crippen LogP contribution in [0.4, 0.5) is 0 Å². The molecule has 1 fully saturated rings. The molecule has 1 aliphatic heterocycles. The maximum atomic E-state index is 10.7. The molecule has 1 aliphatic rings. The van der Waals surface area contributed by atoms with Crippen LogP contribution in [0.15, 0.2) is 24.3 Å². The molecule has 86 valence electrons. The number of carbonyl (C=O) groups is 1. The highest BCUT2D eigenvalue weighted by molar-refractivity contribution is 5.73. The molecule has 0 saturated carbocycles. The van der Waals surface area contributed by atoms with Crippen molar-refractivity contribution in [3.05, 3.63) is 29.8 Å². The summed E-state index contributed by atoms with van der Waals surface area (Å²) in [6.45, 7) is 2.57. The standard InChI is InChI=1S/C12H15NO3/c1-8-4-2-3-5-11(8)16-9-6-10(12(14)15)13-7-9/h2-5,9-10,13H,6-7H2,1H3,(H,14,15). The summed E-state index contributed by atoms with van der Waals surface area (Å²) >= 11 is 0. The van der Waals surface area contributed by atoms with Gasteiger partial charge in [0.2, 0.25) is 0 Å². The second kappa shape index (κ2) is 4.53. The smallest absolute Gasteiger partial charge is 0.320 e. The molecule has 0 amide bonds. The molecular formula is C12H15NO3. The van der Waals surface area contributed by atoms with Crippen LogP contribution >= 0.6 is 0 Å². The van der Waals surface area contributed by atoms with Gasteiger partial charge in [-0.3, -0.25) is 4.79 Å². The highest BCUT2D eigenvalue weighted by Crippen LogP contribution is 2.21. The van der Waals surface area contributed by atoms with Gasteiger partial charge < -0.3 is 15.2 Å². The van der Waals surface area contributed by atoms with Crippen molar-refractivity contribution in [3.8, 4) is 5.75 Å². The number of aliphatic carboxylic acids is 1. The van der Waals surface area contributed by atoms with Gasteiger partial charge in [-0.15, -0.1) is 0 Å². The van der Waals surface area contributed by atoms with E-state index in [1.54, 1.807) is 0 Å². The molecule has 0 radical (unpaired) electrons. The third-order valence-corrected chi connectivity index (χ3v) is 2.78. The summed E-state index contributed by atoms with van der Waals surface area (Å²) in [5.41, 5.74) is 1.07. The molecule has 4 heteroatoms. The minimum atomic E-state index is -0.809. The normalized spacial score (nSPS) is 24.3. The summed E-state index contributed by atoms with van der Waals surface area (Å²) in [6.07, 6.45) is 0.464. The van der Waals surface area contributed by atoms with Gasteiger partial charge in [0.25, 0.3) is 0 Å².